The van der Waals surface area contributed by atoms with Crippen molar-refractivity contribution in [2.75, 3.05) is 10.6 Å². The first-order valence-electron chi connectivity index (χ1n) is 7.78. The second-order valence-corrected chi connectivity index (χ2v) is 5.51. The summed E-state index contributed by atoms with van der Waals surface area (Å²) < 4.78 is 13.7. The lowest BCUT2D eigenvalue weighted by Gasteiger charge is -2.10. The monoisotopic (exact) mass is 350 g/mol. The van der Waals surface area contributed by atoms with E-state index in [2.05, 4.69) is 20.6 Å². The number of pyridine rings is 2. The van der Waals surface area contributed by atoms with Gasteiger partial charge in [-0.15, -0.1) is 0 Å². The van der Waals surface area contributed by atoms with E-state index in [1.54, 1.807) is 31.2 Å². The maximum atomic E-state index is 13.7. The predicted molar refractivity (Wildman–Crippen MR) is 95.5 cm³/mol. The van der Waals surface area contributed by atoms with Gasteiger partial charge >= 0.3 is 0 Å². The highest BCUT2D eigenvalue weighted by molar-refractivity contribution is 6.05. The first-order chi connectivity index (χ1) is 12.5. The number of nitrogens with one attached hydrogen (secondary N) is 2. The van der Waals surface area contributed by atoms with Crippen molar-refractivity contribution in [3.63, 3.8) is 0 Å². The summed E-state index contributed by atoms with van der Waals surface area (Å²) in [5.74, 6) is -1.23. The molecule has 0 aliphatic rings. The fraction of sp³-hybridized carbons (Fsp3) is 0.0526. The van der Waals surface area contributed by atoms with Gasteiger partial charge in [0, 0.05) is 18.0 Å². The van der Waals surface area contributed by atoms with E-state index in [1.165, 1.54) is 36.8 Å². The number of aromatic nitrogens is 2. The standard InChI is InChI=1S/C19H15FN4O2/c1-12-10-17(24-19(26)14-4-2-3-5-15(14)20)22-11-16(12)23-18(25)13-6-8-21-9-7-13/h2-11H,1H3,(H,23,25)(H,22,24,26). The topological polar surface area (TPSA) is 84.0 Å². The van der Waals surface area contributed by atoms with Gasteiger partial charge in [-0.1, -0.05) is 12.1 Å². The highest BCUT2D eigenvalue weighted by Gasteiger charge is 2.13. The van der Waals surface area contributed by atoms with Gasteiger partial charge in [0.2, 0.25) is 0 Å². The molecule has 7 heteroatoms. The molecule has 26 heavy (non-hydrogen) atoms. The van der Waals surface area contributed by atoms with Gasteiger partial charge in [0.05, 0.1) is 17.4 Å². The molecule has 0 aliphatic carbocycles. The molecule has 2 heterocycles. The zero-order valence-electron chi connectivity index (χ0n) is 13.9. The molecule has 3 aromatic rings. The van der Waals surface area contributed by atoms with Gasteiger partial charge in [-0.25, -0.2) is 9.37 Å². The van der Waals surface area contributed by atoms with E-state index < -0.39 is 11.7 Å². The quantitative estimate of drug-likeness (QED) is 0.755. The van der Waals surface area contributed by atoms with Crippen LogP contribution in [0.3, 0.4) is 0 Å². The molecule has 3 rings (SSSR count). The van der Waals surface area contributed by atoms with E-state index in [0.29, 0.717) is 16.8 Å². The molecule has 0 radical (unpaired) electrons. The van der Waals surface area contributed by atoms with E-state index in [9.17, 15) is 14.0 Å². The summed E-state index contributed by atoms with van der Waals surface area (Å²) in [5, 5.41) is 5.29. The molecule has 0 spiro atoms. The number of nitrogens with zero attached hydrogens (tertiary/aromatic N) is 2. The molecule has 130 valence electrons. The minimum absolute atomic E-state index is 0.0676. The van der Waals surface area contributed by atoms with Crippen LogP contribution in [0.4, 0.5) is 15.9 Å². The number of carbonyl (C=O) groups is 2. The van der Waals surface area contributed by atoms with Crippen LogP contribution in [0.15, 0.2) is 61.1 Å². The highest BCUT2D eigenvalue weighted by Crippen LogP contribution is 2.18. The molecule has 0 fully saturated rings. The SMILES string of the molecule is Cc1cc(NC(=O)c2ccccc2F)ncc1NC(=O)c1ccncc1. The zero-order valence-corrected chi connectivity index (χ0v) is 13.9. The average Bonchev–Trinajstić information content (AvgIpc) is 2.65. The third kappa shape index (κ3) is 3.89. The molecule has 1 aromatic carbocycles. The van der Waals surface area contributed by atoms with Crippen molar-refractivity contribution in [2.45, 2.75) is 6.92 Å². The smallest absolute Gasteiger partial charge is 0.259 e. The van der Waals surface area contributed by atoms with E-state index >= 15 is 0 Å². The molecule has 0 unspecified atom stereocenters. The van der Waals surface area contributed by atoms with Crippen LogP contribution in [0.5, 0.6) is 0 Å². The summed E-state index contributed by atoms with van der Waals surface area (Å²) in [6.07, 6.45) is 4.49. The van der Waals surface area contributed by atoms with Gasteiger partial charge in [-0.2, -0.15) is 0 Å². The minimum atomic E-state index is -0.608. The molecule has 0 bridgehead atoms. The number of hydrogen-bond acceptors (Lipinski definition) is 4. The van der Waals surface area contributed by atoms with Gasteiger partial charge < -0.3 is 10.6 Å². The van der Waals surface area contributed by atoms with Crippen molar-refractivity contribution in [3.8, 4) is 0 Å². The summed E-state index contributed by atoms with van der Waals surface area (Å²) in [4.78, 5) is 32.3. The van der Waals surface area contributed by atoms with Crippen LogP contribution in [0, 0.1) is 12.7 Å². The average molecular weight is 350 g/mol. The lowest BCUT2D eigenvalue weighted by Crippen LogP contribution is -2.16. The molecule has 0 aliphatic heterocycles. The second kappa shape index (κ2) is 7.52. The minimum Gasteiger partial charge on any atom is -0.320 e. The van der Waals surface area contributed by atoms with Crippen LogP contribution in [0.1, 0.15) is 26.3 Å². The van der Waals surface area contributed by atoms with E-state index in [1.807, 2.05) is 0 Å². The molecule has 2 amide bonds. The van der Waals surface area contributed by atoms with Crippen molar-refractivity contribution in [1.82, 2.24) is 9.97 Å². The van der Waals surface area contributed by atoms with Crippen molar-refractivity contribution >= 4 is 23.3 Å². The van der Waals surface area contributed by atoms with Crippen molar-refractivity contribution in [3.05, 3.63) is 83.6 Å². The van der Waals surface area contributed by atoms with E-state index in [-0.39, 0.29) is 17.3 Å². The number of benzene rings is 1. The van der Waals surface area contributed by atoms with E-state index in [4.69, 9.17) is 0 Å². The molecule has 0 saturated heterocycles. The Kier molecular flexibility index (Phi) is 4.98. The molecule has 2 N–H and O–H groups in total. The Balaban J connectivity index is 1.72. The third-order valence-electron chi connectivity index (χ3n) is 3.66. The summed E-state index contributed by atoms with van der Waals surface area (Å²) in [5.41, 5.74) is 1.61. The first-order valence-corrected chi connectivity index (χ1v) is 7.78. The van der Waals surface area contributed by atoms with Crippen LogP contribution in [0.2, 0.25) is 0 Å². The van der Waals surface area contributed by atoms with Crippen molar-refractivity contribution in [2.24, 2.45) is 0 Å². The molecule has 2 aromatic heterocycles. The largest absolute Gasteiger partial charge is 0.320 e. The molecular formula is C19H15FN4O2. The second-order valence-electron chi connectivity index (χ2n) is 5.51. The molecular weight excluding hydrogens is 335 g/mol. The fourth-order valence-corrected chi connectivity index (χ4v) is 2.28. The van der Waals surface area contributed by atoms with Crippen LogP contribution in [-0.4, -0.2) is 21.8 Å². The maximum absolute atomic E-state index is 13.7. The number of aryl methyl sites for hydroxylation is 1. The van der Waals surface area contributed by atoms with Gasteiger partial charge in [0.1, 0.15) is 11.6 Å². The summed E-state index contributed by atoms with van der Waals surface area (Å²) >= 11 is 0. The summed E-state index contributed by atoms with van der Waals surface area (Å²) in [6.45, 7) is 1.77. The highest BCUT2D eigenvalue weighted by atomic mass is 19.1. The molecule has 6 nitrogen and oxygen atoms in total. The Morgan fingerprint density at radius 1 is 1.00 bits per heavy atom. The lowest BCUT2D eigenvalue weighted by molar-refractivity contribution is 0.101. The number of anilines is 2. The van der Waals surface area contributed by atoms with Crippen molar-refractivity contribution in [1.29, 1.82) is 0 Å². The third-order valence-corrected chi connectivity index (χ3v) is 3.66. The molecule has 0 atom stereocenters. The maximum Gasteiger partial charge on any atom is 0.259 e. The number of hydrogen-bond donors (Lipinski definition) is 2. The number of amides is 2. The Morgan fingerprint density at radius 3 is 2.42 bits per heavy atom. The van der Waals surface area contributed by atoms with Gasteiger partial charge in [-0.3, -0.25) is 14.6 Å². The zero-order chi connectivity index (χ0) is 18.5. The number of halogens is 1. The van der Waals surface area contributed by atoms with Crippen molar-refractivity contribution < 1.29 is 14.0 Å². The fourth-order valence-electron chi connectivity index (χ4n) is 2.28. The van der Waals surface area contributed by atoms with Crippen LogP contribution in [0.25, 0.3) is 0 Å². The number of carbonyl (C=O) groups excluding carboxylic acids is 2. The molecule has 0 saturated carbocycles. The normalized spacial score (nSPS) is 10.2. The lowest BCUT2D eigenvalue weighted by atomic mass is 10.2. The van der Waals surface area contributed by atoms with Crippen LogP contribution >= 0.6 is 0 Å². The summed E-state index contributed by atoms with van der Waals surface area (Å²) in [7, 11) is 0. The number of rotatable bonds is 4. The van der Waals surface area contributed by atoms with E-state index in [0.717, 1.165) is 0 Å². The van der Waals surface area contributed by atoms with Gasteiger partial charge in [0.25, 0.3) is 11.8 Å². The first kappa shape index (κ1) is 17.2. The Morgan fingerprint density at radius 2 is 1.73 bits per heavy atom. The predicted octanol–water partition coefficient (Wildman–Crippen LogP) is 3.43. The Hall–Kier alpha value is -3.61. The van der Waals surface area contributed by atoms with Crippen LogP contribution in [-0.2, 0) is 0 Å². The summed E-state index contributed by atoms with van der Waals surface area (Å²) in [6, 6.07) is 10.5. The van der Waals surface area contributed by atoms with Crippen LogP contribution < -0.4 is 10.6 Å². The Labute approximate surface area is 149 Å². The Bertz CT molecular complexity index is 961. The van der Waals surface area contributed by atoms with Gasteiger partial charge in [-0.05, 0) is 42.8 Å². The van der Waals surface area contributed by atoms with Gasteiger partial charge in [0.15, 0.2) is 0 Å².